The zero-order valence-corrected chi connectivity index (χ0v) is 18.8. The van der Waals surface area contributed by atoms with E-state index in [1.54, 1.807) is 55.2 Å². The average Bonchev–Trinajstić information content (AvgIpc) is 3.33. The normalized spacial score (nSPS) is 13.8. The van der Waals surface area contributed by atoms with E-state index < -0.39 is 21.0 Å². The van der Waals surface area contributed by atoms with Crippen LogP contribution in [0.25, 0.3) is 17.0 Å². The number of pyridine rings is 1. The van der Waals surface area contributed by atoms with Crippen molar-refractivity contribution in [1.29, 1.82) is 0 Å². The van der Waals surface area contributed by atoms with Crippen molar-refractivity contribution in [2.45, 2.75) is 18.1 Å². The van der Waals surface area contributed by atoms with Crippen molar-refractivity contribution in [3.8, 4) is 17.1 Å². The first-order valence-corrected chi connectivity index (χ1v) is 11.8. The highest BCUT2D eigenvalue weighted by Gasteiger charge is 2.35. The Morgan fingerprint density at radius 2 is 1.97 bits per heavy atom. The fourth-order valence-corrected chi connectivity index (χ4v) is 4.64. The SMILES string of the molecule is COc1ccc(CS(C)(=O)=Nc2c(C)nc3cc(-c4noc(C(F)(F)Cl)n4)ccn23)cc1. The molecule has 4 aromatic rings. The van der Waals surface area contributed by atoms with Gasteiger partial charge >= 0.3 is 11.3 Å². The molecule has 0 aliphatic heterocycles. The fraction of sp³-hybridized carbons (Fsp3) is 0.250. The number of hydrogen-bond acceptors (Lipinski definition) is 7. The van der Waals surface area contributed by atoms with E-state index in [2.05, 4.69) is 24.0 Å². The molecule has 0 N–H and O–H groups in total. The van der Waals surface area contributed by atoms with Crippen molar-refractivity contribution >= 4 is 32.8 Å². The number of hydrogen-bond donors (Lipinski definition) is 0. The molecule has 3 aromatic heterocycles. The van der Waals surface area contributed by atoms with E-state index in [4.69, 9.17) is 16.3 Å². The quantitative estimate of drug-likeness (QED) is 0.363. The van der Waals surface area contributed by atoms with Gasteiger partial charge in [-0.2, -0.15) is 18.1 Å². The monoisotopic (exact) mass is 481 g/mol. The molecule has 168 valence electrons. The number of ether oxygens (including phenoxy) is 1. The smallest absolute Gasteiger partial charge is 0.400 e. The summed E-state index contributed by atoms with van der Waals surface area (Å²) in [6, 6.07) is 10.5. The number of benzene rings is 1. The van der Waals surface area contributed by atoms with E-state index in [0.29, 0.717) is 28.5 Å². The Morgan fingerprint density at radius 1 is 1.25 bits per heavy atom. The molecular formula is C20H18ClF2N5O3S. The number of fused-ring (bicyclic) bond motifs is 1. The summed E-state index contributed by atoms with van der Waals surface area (Å²) in [5.74, 6) is 0.355. The van der Waals surface area contributed by atoms with Gasteiger partial charge in [0.25, 0.3) is 0 Å². The van der Waals surface area contributed by atoms with Crippen LogP contribution >= 0.6 is 11.6 Å². The third kappa shape index (κ3) is 4.58. The van der Waals surface area contributed by atoms with Gasteiger partial charge in [0, 0.05) is 18.0 Å². The highest BCUT2D eigenvalue weighted by atomic mass is 35.5. The maximum atomic E-state index is 13.2. The van der Waals surface area contributed by atoms with Crippen molar-refractivity contribution < 1.29 is 22.2 Å². The van der Waals surface area contributed by atoms with Crippen molar-refractivity contribution in [2.75, 3.05) is 13.4 Å². The van der Waals surface area contributed by atoms with Gasteiger partial charge in [0.1, 0.15) is 11.4 Å². The minimum Gasteiger partial charge on any atom is -0.497 e. The molecule has 3 heterocycles. The zero-order chi connectivity index (χ0) is 23.1. The van der Waals surface area contributed by atoms with Crippen LogP contribution in [-0.2, 0) is 20.9 Å². The third-order valence-electron chi connectivity index (χ3n) is 4.57. The van der Waals surface area contributed by atoms with Crippen LogP contribution in [0.3, 0.4) is 0 Å². The molecule has 0 saturated heterocycles. The summed E-state index contributed by atoms with van der Waals surface area (Å²) in [5, 5.41) is -0.212. The largest absolute Gasteiger partial charge is 0.497 e. The second kappa shape index (κ2) is 8.14. The highest BCUT2D eigenvalue weighted by molar-refractivity contribution is 7.92. The van der Waals surface area contributed by atoms with E-state index in [0.717, 1.165) is 5.56 Å². The summed E-state index contributed by atoms with van der Waals surface area (Å²) in [7, 11) is -1.05. The molecule has 0 saturated carbocycles. The van der Waals surface area contributed by atoms with Crippen LogP contribution in [0.5, 0.6) is 5.75 Å². The summed E-state index contributed by atoms with van der Waals surface area (Å²) in [4.78, 5) is 8.07. The Labute approximate surface area is 187 Å². The average molecular weight is 482 g/mol. The van der Waals surface area contributed by atoms with E-state index in [1.807, 2.05) is 12.1 Å². The lowest BCUT2D eigenvalue weighted by Crippen LogP contribution is -2.03. The number of rotatable bonds is 6. The van der Waals surface area contributed by atoms with Gasteiger partial charge in [-0.15, -0.1) is 0 Å². The Bertz CT molecular complexity index is 1400. The van der Waals surface area contributed by atoms with Crippen LogP contribution in [0.1, 0.15) is 17.1 Å². The molecular weight excluding hydrogens is 464 g/mol. The van der Waals surface area contributed by atoms with E-state index in [9.17, 15) is 13.0 Å². The molecule has 0 bridgehead atoms. The molecule has 4 rings (SSSR count). The summed E-state index contributed by atoms with van der Waals surface area (Å²) in [5.41, 5.74) is 2.29. The second-order valence-corrected chi connectivity index (χ2v) is 9.99. The number of nitrogens with zero attached hydrogens (tertiary/aromatic N) is 5. The predicted octanol–water partition coefficient (Wildman–Crippen LogP) is 4.92. The molecule has 0 amide bonds. The Morgan fingerprint density at radius 3 is 2.59 bits per heavy atom. The molecule has 1 atom stereocenters. The number of aromatic nitrogens is 4. The number of halogens is 3. The lowest BCUT2D eigenvalue weighted by Gasteiger charge is -2.07. The molecule has 32 heavy (non-hydrogen) atoms. The van der Waals surface area contributed by atoms with Gasteiger partial charge in [0.15, 0.2) is 5.82 Å². The first-order valence-electron chi connectivity index (χ1n) is 9.28. The number of aryl methyl sites for hydroxylation is 1. The minimum atomic E-state index is -3.75. The van der Waals surface area contributed by atoms with Gasteiger partial charge in [0.05, 0.1) is 28.3 Å². The molecule has 8 nitrogen and oxygen atoms in total. The molecule has 12 heteroatoms. The van der Waals surface area contributed by atoms with Crippen LogP contribution in [-0.4, -0.2) is 37.1 Å². The van der Waals surface area contributed by atoms with Crippen LogP contribution in [0.2, 0.25) is 0 Å². The summed E-state index contributed by atoms with van der Waals surface area (Å²) >= 11 is 4.92. The van der Waals surface area contributed by atoms with Gasteiger partial charge < -0.3 is 9.26 Å². The summed E-state index contributed by atoms with van der Waals surface area (Å²) in [6.45, 7) is 1.74. The van der Waals surface area contributed by atoms with Gasteiger partial charge in [-0.1, -0.05) is 17.3 Å². The standard InChI is InChI=1S/C20H18ClF2N5O3S/c1-12-18(27-32(3,29)11-13-4-6-15(30-2)7-5-13)28-9-8-14(10-16(28)24-12)17-25-19(31-26-17)20(21,22)23/h4-10H,11H2,1-3H3. The highest BCUT2D eigenvalue weighted by Crippen LogP contribution is 2.32. The maximum absolute atomic E-state index is 13.2. The molecule has 0 aliphatic rings. The molecule has 1 aromatic carbocycles. The first-order chi connectivity index (χ1) is 15.1. The van der Waals surface area contributed by atoms with Crippen LogP contribution in [0.4, 0.5) is 14.6 Å². The third-order valence-corrected chi connectivity index (χ3v) is 6.16. The summed E-state index contributed by atoms with van der Waals surface area (Å²) in [6.07, 6.45) is 3.21. The van der Waals surface area contributed by atoms with Gasteiger partial charge in [0.2, 0.25) is 5.82 Å². The van der Waals surface area contributed by atoms with E-state index >= 15 is 0 Å². The van der Waals surface area contributed by atoms with Crippen LogP contribution < -0.4 is 4.74 Å². The van der Waals surface area contributed by atoms with E-state index in [1.165, 1.54) is 0 Å². The van der Waals surface area contributed by atoms with Crippen molar-refractivity contribution in [1.82, 2.24) is 19.5 Å². The van der Waals surface area contributed by atoms with Crippen molar-refractivity contribution in [3.05, 3.63) is 59.7 Å². The van der Waals surface area contributed by atoms with Gasteiger partial charge in [-0.05, 0) is 48.4 Å². The van der Waals surface area contributed by atoms with Crippen LogP contribution in [0.15, 0.2) is 51.5 Å². The van der Waals surface area contributed by atoms with Crippen LogP contribution in [0, 0.1) is 6.92 Å². The Kier molecular flexibility index (Phi) is 5.63. The topological polar surface area (TPSA) is 94.9 Å². The summed E-state index contributed by atoms with van der Waals surface area (Å²) < 4.78 is 55.3. The van der Waals surface area contributed by atoms with E-state index in [-0.39, 0.29) is 11.6 Å². The molecule has 0 radical (unpaired) electrons. The minimum absolute atomic E-state index is 0.0549. The lowest BCUT2D eigenvalue weighted by molar-refractivity contribution is 0.0551. The zero-order valence-electron chi connectivity index (χ0n) is 17.3. The number of alkyl halides is 3. The second-order valence-electron chi connectivity index (χ2n) is 7.13. The Hall–Kier alpha value is -3.05. The fourth-order valence-electron chi connectivity index (χ4n) is 3.10. The predicted molar refractivity (Wildman–Crippen MR) is 116 cm³/mol. The molecule has 1 unspecified atom stereocenters. The van der Waals surface area contributed by atoms with Gasteiger partial charge in [-0.3, -0.25) is 4.40 Å². The first kappa shape index (κ1) is 22.2. The van der Waals surface area contributed by atoms with Gasteiger partial charge in [-0.25, -0.2) is 9.19 Å². The molecule has 0 spiro atoms. The molecule has 0 aliphatic carbocycles. The maximum Gasteiger partial charge on any atom is 0.400 e. The number of imidazole rings is 1. The Balaban J connectivity index is 1.68. The van der Waals surface area contributed by atoms with Crippen molar-refractivity contribution in [2.24, 2.45) is 4.36 Å². The number of methoxy groups -OCH3 is 1. The lowest BCUT2D eigenvalue weighted by atomic mass is 10.2. The molecule has 0 fully saturated rings. The van der Waals surface area contributed by atoms with Crippen molar-refractivity contribution in [3.63, 3.8) is 0 Å².